The van der Waals surface area contributed by atoms with Crippen molar-refractivity contribution in [1.29, 1.82) is 0 Å². The Hall–Kier alpha value is -2.71. The molecule has 8 heteroatoms. The van der Waals surface area contributed by atoms with E-state index in [0.29, 0.717) is 5.89 Å². The molecule has 0 amide bonds. The number of rotatable bonds is 5. The summed E-state index contributed by atoms with van der Waals surface area (Å²) in [7, 11) is 1.64. The van der Waals surface area contributed by atoms with Crippen molar-refractivity contribution in [2.75, 3.05) is 7.11 Å². The highest BCUT2D eigenvalue weighted by Gasteiger charge is 2.13. The lowest BCUT2D eigenvalue weighted by molar-refractivity contribution is 0.415. The second kappa shape index (κ2) is 6.66. The molecule has 3 aromatic heterocycles. The number of hydrogen-bond donors (Lipinski definition) is 0. The van der Waals surface area contributed by atoms with Gasteiger partial charge in [0.15, 0.2) is 0 Å². The molecule has 0 fully saturated rings. The standard InChI is InChI=1S/C17H13N3O3S2/c1-22-13-6-4-11(5-7-13)16-18-12(10-25-16)9-20-17(21)23-15(19-20)14-3-2-8-24-14/h2-8,10H,9H2,1H3. The number of benzene rings is 1. The first-order valence-corrected chi connectivity index (χ1v) is 9.19. The third kappa shape index (κ3) is 3.26. The van der Waals surface area contributed by atoms with E-state index in [-0.39, 0.29) is 6.54 Å². The van der Waals surface area contributed by atoms with Crippen molar-refractivity contribution in [3.05, 3.63) is 63.4 Å². The summed E-state index contributed by atoms with van der Waals surface area (Å²) in [6.45, 7) is 0.278. The molecular formula is C17H13N3O3S2. The molecule has 3 heterocycles. The van der Waals surface area contributed by atoms with Gasteiger partial charge in [-0.25, -0.2) is 9.78 Å². The molecule has 0 N–H and O–H groups in total. The Kier molecular flexibility index (Phi) is 4.21. The predicted molar refractivity (Wildman–Crippen MR) is 97.3 cm³/mol. The number of hydrogen-bond acceptors (Lipinski definition) is 7. The van der Waals surface area contributed by atoms with Crippen LogP contribution in [-0.2, 0) is 6.54 Å². The van der Waals surface area contributed by atoms with Gasteiger partial charge in [0.25, 0.3) is 5.89 Å². The summed E-state index contributed by atoms with van der Waals surface area (Å²) < 4.78 is 11.7. The van der Waals surface area contributed by atoms with Crippen LogP contribution < -0.4 is 10.5 Å². The smallest absolute Gasteiger partial charge is 0.437 e. The van der Waals surface area contributed by atoms with Crippen LogP contribution in [0.25, 0.3) is 21.3 Å². The van der Waals surface area contributed by atoms with Crippen LogP contribution in [-0.4, -0.2) is 21.9 Å². The number of methoxy groups -OCH3 is 1. The summed E-state index contributed by atoms with van der Waals surface area (Å²) in [5, 5.41) is 8.97. The predicted octanol–water partition coefficient (Wildman–Crippen LogP) is 3.75. The summed E-state index contributed by atoms with van der Waals surface area (Å²) in [5.41, 5.74) is 1.77. The maximum atomic E-state index is 12.0. The number of thiazole rings is 1. The van der Waals surface area contributed by atoms with Gasteiger partial charge in [-0.15, -0.1) is 27.8 Å². The summed E-state index contributed by atoms with van der Waals surface area (Å²) in [6.07, 6.45) is 0. The van der Waals surface area contributed by atoms with E-state index in [1.165, 1.54) is 27.4 Å². The van der Waals surface area contributed by atoms with E-state index < -0.39 is 5.76 Å². The molecule has 4 rings (SSSR count). The largest absolute Gasteiger partial charge is 0.497 e. The minimum atomic E-state index is -0.484. The molecule has 0 radical (unpaired) electrons. The highest BCUT2D eigenvalue weighted by Crippen LogP contribution is 2.26. The summed E-state index contributed by atoms with van der Waals surface area (Å²) in [6, 6.07) is 11.5. The second-order valence-corrected chi connectivity index (χ2v) is 6.99. The van der Waals surface area contributed by atoms with E-state index in [2.05, 4.69) is 10.1 Å². The number of ether oxygens (including phenoxy) is 1. The Labute approximate surface area is 151 Å². The van der Waals surface area contributed by atoms with Gasteiger partial charge < -0.3 is 9.15 Å². The molecule has 126 valence electrons. The average molecular weight is 371 g/mol. The first-order valence-electron chi connectivity index (χ1n) is 7.43. The van der Waals surface area contributed by atoms with Crippen molar-refractivity contribution in [3.8, 4) is 27.1 Å². The molecule has 0 aliphatic rings. The lowest BCUT2D eigenvalue weighted by Gasteiger charge is -2.00. The third-order valence-electron chi connectivity index (χ3n) is 3.54. The molecular weight excluding hydrogens is 358 g/mol. The fourth-order valence-corrected chi connectivity index (χ4v) is 3.77. The quantitative estimate of drug-likeness (QED) is 0.534. The van der Waals surface area contributed by atoms with Crippen LogP contribution in [0, 0.1) is 0 Å². The minimum Gasteiger partial charge on any atom is -0.497 e. The van der Waals surface area contributed by atoms with Crippen LogP contribution in [0.4, 0.5) is 0 Å². The molecule has 1 aromatic carbocycles. The highest BCUT2D eigenvalue weighted by molar-refractivity contribution is 7.13. The van der Waals surface area contributed by atoms with Crippen LogP contribution in [0.2, 0.25) is 0 Å². The van der Waals surface area contributed by atoms with E-state index in [1.54, 1.807) is 7.11 Å². The normalized spacial score (nSPS) is 10.9. The zero-order chi connectivity index (χ0) is 17.2. The molecule has 0 aliphatic carbocycles. The van der Waals surface area contributed by atoms with Gasteiger partial charge in [0.05, 0.1) is 24.2 Å². The zero-order valence-corrected chi connectivity index (χ0v) is 14.8. The maximum absolute atomic E-state index is 12.0. The summed E-state index contributed by atoms with van der Waals surface area (Å²) in [4.78, 5) is 17.4. The Morgan fingerprint density at radius 1 is 1.20 bits per heavy atom. The number of nitrogens with zero attached hydrogens (tertiary/aromatic N) is 3. The lowest BCUT2D eigenvalue weighted by Crippen LogP contribution is -2.16. The molecule has 0 saturated heterocycles. The van der Waals surface area contributed by atoms with Gasteiger partial charge in [-0.1, -0.05) is 6.07 Å². The van der Waals surface area contributed by atoms with Gasteiger partial charge in [-0.2, -0.15) is 4.68 Å². The molecule has 4 aromatic rings. The Bertz CT molecular complexity index is 1030. The Morgan fingerprint density at radius 3 is 2.76 bits per heavy atom. The van der Waals surface area contributed by atoms with Gasteiger partial charge >= 0.3 is 5.76 Å². The molecule has 0 saturated carbocycles. The number of thiophene rings is 1. The lowest BCUT2D eigenvalue weighted by atomic mass is 10.2. The van der Waals surface area contributed by atoms with Gasteiger partial charge in [-0.05, 0) is 35.7 Å². The van der Waals surface area contributed by atoms with Crippen LogP contribution in [0.15, 0.2) is 56.4 Å². The molecule has 0 atom stereocenters. The van der Waals surface area contributed by atoms with Crippen LogP contribution in [0.5, 0.6) is 5.75 Å². The molecule has 0 aliphatic heterocycles. The van der Waals surface area contributed by atoms with E-state index in [0.717, 1.165) is 26.9 Å². The summed E-state index contributed by atoms with van der Waals surface area (Å²) in [5.74, 6) is 0.656. The van der Waals surface area contributed by atoms with Gasteiger partial charge in [-0.3, -0.25) is 0 Å². The maximum Gasteiger partial charge on any atom is 0.437 e. The average Bonchev–Trinajstić information content (AvgIpc) is 3.37. The van der Waals surface area contributed by atoms with Crippen molar-refractivity contribution < 1.29 is 9.15 Å². The number of aromatic nitrogens is 3. The van der Waals surface area contributed by atoms with Gasteiger partial charge in [0.1, 0.15) is 10.8 Å². The van der Waals surface area contributed by atoms with Crippen LogP contribution in [0.1, 0.15) is 5.69 Å². The van der Waals surface area contributed by atoms with E-state index in [4.69, 9.17) is 9.15 Å². The van der Waals surface area contributed by atoms with E-state index in [1.807, 2.05) is 47.2 Å². The third-order valence-corrected chi connectivity index (χ3v) is 5.34. The van der Waals surface area contributed by atoms with Crippen molar-refractivity contribution in [2.24, 2.45) is 0 Å². The highest BCUT2D eigenvalue weighted by atomic mass is 32.1. The van der Waals surface area contributed by atoms with Crippen molar-refractivity contribution in [3.63, 3.8) is 0 Å². The van der Waals surface area contributed by atoms with E-state index >= 15 is 0 Å². The monoisotopic (exact) mass is 371 g/mol. The zero-order valence-electron chi connectivity index (χ0n) is 13.2. The van der Waals surface area contributed by atoms with E-state index in [9.17, 15) is 4.79 Å². The van der Waals surface area contributed by atoms with Crippen molar-refractivity contribution >= 4 is 22.7 Å². The topological polar surface area (TPSA) is 70.2 Å². The van der Waals surface area contributed by atoms with Gasteiger partial charge in [0, 0.05) is 10.9 Å². The Balaban J connectivity index is 1.56. The van der Waals surface area contributed by atoms with Crippen molar-refractivity contribution in [2.45, 2.75) is 6.54 Å². The molecule has 0 unspecified atom stereocenters. The van der Waals surface area contributed by atoms with Crippen molar-refractivity contribution in [1.82, 2.24) is 14.8 Å². The summed E-state index contributed by atoms with van der Waals surface area (Å²) >= 11 is 3.00. The molecule has 6 nitrogen and oxygen atoms in total. The fraction of sp³-hybridized carbons (Fsp3) is 0.118. The molecule has 0 spiro atoms. The minimum absolute atomic E-state index is 0.278. The molecule has 0 bridgehead atoms. The van der Waals surface area contributed by atoms with Crippen LogP contribution >= 0.6 is 22.7 Å². The molecule has 25 heavy (non-hydrogen) atoms. The van der Waals surface area contributed by atoms with Crippen LogP contribution in [0.3, 0.4) is 0 Å². The second-order valence-electron chi connectivity index (χ2n) is 5.18. The Morgan fingerprint density at radius 2 is 2.04 bits per heavy atom. The SMILES string of the molecule is COc1ccc(-c2nc(Cn3nc(-c4cccs4)oc3=O)cs2)cc1. The van der Waals surface area contributed by atoms with Gasteiger partial charge in [0.2, 0.25) is 0 Å². The first-order chi connectivity index (χ1) is 12.2. The first kappa shape index (κ1) is 15.8. The fourth-order valence-electron chi connectivity index (χ4n) is 2.31.